The van der Waals surface area contributed by atoms with Crippen molar-refractivity contribution in [2.24, 2.45) is 0 Å². The zero-order valence-corrected chi connectivity index (χ0v) is 27.7. The molecule has 0 aliphatic heterocycles. The maximum Gasteiger partial charge on any atom is 0.241 e. The van der Waals surface area contributed by atoms with Gasteiger partial charge in [0.2, 0.25) is 5.95 Å². The van der Waals surface area contributed by atoms with Crippen LogP contribution in [-0.4, -0.2) is 29.5 Å². The van der Waals surface area contributed by atoms with E-state index in [4.69, 9.17) is 24.9 Å². The van der Waals surface area contributed by atoms with Crippen LogP contribution in [0, 0.1) is 0 Å². The Hall–Kier alpha value is -6.01. The number of benzene rings is 4. The molecule has 0 radical (unpaired) electrons. The highest BCUT2D eigenvalue weighted by molar-refractivity contribution is 6.06. The minimum absolute atomic E-state index is 0.151. The third-order valence-corrected chi connectivity index (χ3v) is 10.8. The summed E-state index contributed by atoms with van der Waals surface area (Å²) in [6.07, 6.45) is 3.61. The van der Waals surface area contributed by atoms with Crippen LogP contribution in [0.5, 0.6) is 0 Å². The second-order valence-corrected chi connectivity index (χ2v) is 14.2. The van der Waals surface area contributed by atoms with E-state index in [2.05, 4.69) is 125 Å². The first-order valence-electron chi connectivity index (χ1n) is 16.8. The van der Waals surface area contributed by atoms with Gasteiger partial charge in [0, 0.05) is 45.1 Å². The topological polar surface area (TPSA) is 69.4 Å². The summed E-state index contributed by atoms with van der Waals surface area (Å²) in [5, 5.41) is 2.01. The molecule has 8 aromatic rings. The van der Waals surface area contributed by atoms with Crippen molar-refractivity contribution in [3.05, 3.63) is 144 Å². The van der Waals surface area contributed by atoms with Gasteiger partial charge in [0.05, 0.1) is 0 Å². The van der Waals surface area contributed by atoms with Crippen molar-refractivity contribution >= 4 is 22.1 Å². The lowest BCUT2D eigenvalue weighted by Gasteiger charge is -2.22. The molecule has 10 rings (SSSR count). The highest BCUT2D eigenvalue weighted by Crippen LogP contribution is 2.51. The molecule has 2 aliphatic carbocycles. The number of aromatic nitrogens is 6. The molecule has 0 saturated carbocycles. The van der Waals surface area contributed by atoms with Gasteiger partial charge < -0.3 is 0 Å². The first-order valence-corrected chi connectivity index (χ1v) is 16.8. The minimum atomic E-state index is -0.151. The molecule has 6 heteroatoms. The van der Waals surface area contributed by atoms with Gasteiger partial charge in [-0.2, -0.15) is 9.97 Å². The van der Waals surface area contributed by atoms with Crippen molar-refractivity contribution in [3.63, 3.8) is 0 Å². The number of hydrogen-bond acceptors (Lipinski definition) is 5. The van der Waals surface area contributed by atoms with Gasteiger partial charge in [-0.3, -0.25) is 0 Å². The van der Waals surface area contributed by atoms with E-state index < -0.39 is 0 Å². The molecule has 0 amide bonds. The van der Waals surface area contributed by atoms with Gasteiger partial charge in [-0.05, 0) is 80.9 Å². The summed E-state index contributed by atoms with van der Waals surface area (Å²) < 4.78 is 1.97. The Morgan fingerprint density at radius 3 is 1.39 bits per heavy atom. The predicted octanol–water partition coefficient (Wildman–Crippen LogP) is 9.71. The summed E-state index contributed by atoms with van der Waals surface area (Å²) in [4.78, 5) is 25.2. The van der Waals surface area contributed by atoms with Crippen molar-refractivity contribution in [1.29, 1.82) is 0 Å². The lowest BCUT2D eigenvalue weighted by molar-refractivity contribution is 0.660. The van der Waals surface area contributed by atoms with Crippen LogP contribution in [0.15, 0.2) is 122 Å². The zero-order chi connectivity index (χ0) is 33.1. The van der Waals surface area contributed by atoms with Crippen molar-refractivity contribution in [2.45, 2.75) is 38.5 Å². The van der Waals surface area contributed by atoms with Crippen LogP contribution < -0.4 is 0 Å². The monoisotopic (exact) mass is 632 g/mol. The Morgan fingerprint density at radius 1 is 0.449 bits per heavy atom. The lowest BCUT2D eigenvalue weighted by atomic mass is 9.82. The minimum Gasteiger partial charge on any atom is -0.245 e. The van der Waals surface area contributed by atoms with Gasteiger partial charge in [0.15, 0.2) is 11.6 Å². The Bertz CT molecular complexity index is 2500. The van der Waals surface area contributed by atoms with Crippen LogP contribution in [-0.2, 0) is 10.8 Å². The van der Waals surface area contributed by atoms with Crippen LogP contribution >= 0.6 is 0 Å². The van der Waals surface area contributed by atoms with E-state index >= 15 is 0 Å². The van der Waals surface area contributed by atoms with Crippen molar-refractivity contribution in [1.82, 2.24) is 29.5 Å². The molecular weight excluding hydrogens is 601 g/mol. The van der Waals surface area contributed by atoms with Gasteiger partial charge in [0.25, 0.3) is 0 Å². The summed E-state index contributed by atoms with van der Waals surface area (Å²) in [5.74, 6) is 1.71. The summed E-state index contributed by atoms with van der Waals surface area (Å²) in [6.45, 7) is 9.19. The molecule has 0 atom stereocenters. The molecule has 4 aromatic carbocycles. The van der Waals surface area contributed by atoms with Crippen molar-refractivity contribution < 1.29 is 0 Å². The van der Waals surface area contributed by atoms with Crippen molar-refractivity contribution in [2.75, 3.05) is 0 Å². The highest BCUT2D eigenvalue weighted by Gasteiger charge is 2.37. The van der Waals surface area contributed by atoms with E-state index in [0.717, 1.165) is 33.2 Å². The molecule has 0 bridgehead atoms. The van der Waals surface area contributed by atoms with Gasteiger partial charge >= 0.3 is 0 Å². The maximum absolute atomic E-state index is 5.21. The van der Waals surface area contributed by atoms with Crippen molar-refractivity contribution in [3.8, 4) is 51.0 Å². The molecule has 0 saturated heterocycles. The molecule has 0 spiro atoms. The average molecular weight is 633 g/mol. The van der Waals surface area contributed by atoms with E-state index in [-0.39, 0.29) is 10.8 Å². The molecule has 49 heavy (non-hydrogen) atoms. The second-order valence-electron chi connectivity index (χ2n) is 14.2. The van der Waals surface area contributed by atoms with Gasteiger partial charge in [0.1, 0.15) is 11.3 Å². The molecule has 234 valence electrons. The van der Waals surface area contributed by atoms with Crippen LogP contribution in [0.25, 0.3) is 73.0 Å². The highest BCUT2D eigenvalue weighted by atomic mass is 15.2. The fourth-order valence-electron chi connectivity index (χ4n) is 8.27. The molecule has 0 N–H and O–H groups in total. The Balaban J connectivity index is 1.22. The summed E-state index contributed by atoms with van der Waals surface area (Å²) in [7, 11) is 0. The largest absolute Gasteiger partial charge is 0.245 e. The fraction of sp³-hybridized carbons (Fsp3) is 0.140. The molecular formula is C43H32N6. The zero-order valence-electron chi connectivity index (χ0n) is 27.7. The standard InChI is InChI=1S/C43H32N6/c1-42(2)33-15-7-5-11-27(33)29-19-17-25(23-35(29)42)37-46-38(26-18-20-30-28-12-6-8-16-34(28)43(3,4)36(30)24-26)48-41(47-37)49-39-31(13-9-21-44-39)32-14-10-22-45-40(32)49/h5-24H,1-4H3. The molecule has 4 aromatic heterocycles. The van der Waals surface area contributed by atoms with Crippen LogP contribution in [0.2, 0.25) is 0 Å². The number of nitrogens with zero attached hydrogens (tertiary/aromatic N) is 6. The van der Waals surface area contributed by atoms with E-state index in [1.807, 2.05) is 16.7 Å². The summed E-state index contributed by atoms with van der Waals surface area (Å²) in [5.41, 5.74) is 13.4. The van der Waals surface area contributed by atoms with Crippen LogP contribution in [0.4, 0.5) is 0 Å². The first kappa shape index (κ1) is 28.0. The molecule has 6 nitrogen and oxygen atoms in total. The third kappa shape index (κ3) is 3.85. The summed E-state index contributed by atoms with van der Waals surface area (Å²) >= 11 is 0. The Kier molecular flexibility index (Phi) is 5.59. The number of rotatable bonds is 3. The summed E-state index contributed by atoms with van der Waals surface area (Å²) in [6, 6.07) is 38.7. The maximum atomic E-state index is 5.21. The molecule has 2 aliphatic rings. The average Bonchev–Trinajstić information content (AvgIpc) is 3.68. The normalized spacial score (nSPS) is 14.9. The quantitative estimate of drug-likeness (QED) is 0.194. The van der Waals surface area contributed by atoms with Gasteiger partial charge in [-0.25, -0.2) is 19.5 Å². The van der Waals surface area contributed by atoms with E-state index in [1.165, 1.54) is 44.5 Å². The number of hydrogen-bond donors (Lipinski definition) is 0. The molecule has 0 fully saturated rings. The molecule has 0 unspecified atom stereocenters. The number of fused-ring (bicyclic) bond motifs is 9. The van der Waals surface area contributed by atoms with E-state index in [9.17, 15) is 0 Å². The second kappa shape index (κ2) is 9.77. The third-order valence-electron chi connectivity index (χ3n) is 10.8. The lowest BCUT2D eigenvalue weighted by Crippen LogP contribution is -2.15. The van der Waals surface area contributed by atoms with E-state index in [0.29, 0.717) is 17.6 Å². The molecule has 4 heterocycles. The smallest absolute Gasteiger partial charge is 0.241 e. The van der Waals surface area contributed by atoms with Gasteiger partial charge in [-0.1, -0.05) is 100 Å². The predicted molar refractivity (Wildman–Crippen MR) is 196 cm³/mol. The van der Waals surface area contributed by atoms with Crippen LogP contribution in [0.3, 0.4) is 0 Å². The Labute approximate surface area is 284 Å². The van der Waals surface area contributed by atoms with E-state index in [1.54, 1.807) is 12.4 Å². The van der Waals surface area contributed by atoms with Gasteiger partial charge in [-0.15, -0.1) is 0 Å². The Morgan fingerprint density at radius 2 is 0.898 bits per heavy atom. The SMILES string of the molecule is CC1(C)c2ccccc2-c2ccc(-c3nc(-c4ccc5c(c4)C(C)(C)c4ccccc4-5)nc(-n4c5ncccc5c5cccnc54)n3)cc21. The first-order chi connectivity index (χ1) is 23.8. The fourth-order valence-corrected chi connectivity index (χ4v) is 8.27. The number of pyridine rings is 2. The van der Waals surface area contributed by atoms with Crippen LogP contribution in [0.1, 0.15) is 49.9 Å².